The molecule has 1 atom stereocenters. The minimum absolute atomic E-state index is 0.169. The molecule has 7 nitrogen and oxygen atoms in total. The first-order valence-electron chi connectivity index (χ1n) is 5.81. The van der Waals surface area contributed by atoms with Crippen LogP contribution in [0.4, 0.5) is 10.5 Å². The summed E-state index contributed by atoms with van der Waals surface area (Å²) in [5, 5.41) is 1.90. The molecule has 0 aromatic heterocycles. The van der Waals surface area contributed by atoms with E-state index in [-0.39, 0.29) is 11.3 Å². The lowest BCUT2D eigenvalue weighted by Crippen LogP contribution is -2.39. The topological polar surface area (TPSA) is 108 Å². The third-order valence-electron chi connectivity index (χ3n) is 2.61. The molecule has 0 aliphatic heterocycles. The molecule has 3 N–H and O–H groups in total. The van der Waals surface area contributed by atoms with Gasteiger partial charge in [-0.15, -0.1) is 0 Å². The SMILES string of the molecule is COC(=O)NC(=O)[C@H](C)OC(=O)c1cccc(C)c1N. The number of hydrogen-bond acceptors (Lipinski definition) is 6. The van der Waals surface area contributed by atoms with E-state index < -0.39 is 24.1 Å². The number of carbonyl (C=O) groups excluding carboxylic acids is 3. The molecule has 0 saturated carbocycles. The lowest BCUT2D eigenvalue weighted by atomic mass is 10.1. The Kier molecular flexibility index (Phi) is 5.08. The zero-order valence-electron chi connectivity index (χ0n) is 11.4. The van der Waals surface area contributed by atoms with Crippen LogP contribution in [0.2, 0.25) is 0 Å². The van der Waals surface area contributed by atoms with Crippen LogP contribution in [0, 0.1) is 6.92 Å². The van der Waals surface area contributed by atoms with Crippen molar-refractivity contribution in [1.82, 2.24) is 5.32 Å². The Labute approximate surface area is 116 Å². The molecule has 20 heavy (non-hydrogen) atoms. The van der Waals surface area contributed by atoms with Crippen molar-refractivity contribution < 1.29 is 23.9 Å². The van der Waals surface area contributed by atoms with Gasteiger partial charge in [0.05, 0.1) is 12.7 Å². The number of amides is 2. The van der Waals surface area contributed by atoms with Crippen molar-refractivity contribution in [1.29, 1.82) is 0 Å². The van der Waals surface area contributed by atoms with Crippen LogP contribution in [-0.2, 0) is 14.3 Å². The van der Waals surface area contributed by atoms with Gasteiger partial charge in [-0.3, -0.25) is 10.1 Å². The second-order valence-electron chi connectivity index (χ2n) is 4.06. The number of imide groups is 1. The molecule has 0 bridgehead atoms. The number of nitrogens with one attached hydrogen (secondary N) is 1. The van der Waals surface area contributed by atoms with Crippen molar-refractivity contribution in [2.45, 2.75) is 20.0 Å². The number of benzene rings is 1. The first kappa shape index (κ1) is 15.5. The molecule has 0 unspecified atom stereocenters. The fourth-order valence-corrected chi connectivity index (χ4v) is 1.39. The van der Waals surface area contributed by atoms with Crippen LogP contribution in [0.3, 0.4) is 0 Å². The third-order valence-corrected chi connectivity index (χ3v) is 2.61. The number of rotatable bonds is 3. The van der Waals surface area contributed by atoms with E-state index in [1.165, 1.54) is 13.0 Å². The Balaban J connectivity index is 2.73. The van der Waals surface area contributed by atoms with Gasteiger partial charge in [-0.25, -0.2) is 9.59 Å². The maximum absolute atomic E-state index is 11.9. The number of aryl methyl sites for hydroxylation is 1. The van der Waals surface area contributed by atoms with Crippen molar-refractivity contribution in [3.8, 4) is 0 Å². The number of nitrogens with two attached hydrogens (primary N) is 1. The van der Waals surface area contributed by atoms with Gasteiger partial charge in [-0.1, -0.05) is 12.1 Å². The number of esters is 1. The molecule has 0 aliphatic rings. The minimum Gasteiger partial charge on any atom is -0.453 e. The van der Waals surface area contributed by atoms with Gasteiger partial charge >= 0.3 is 12.1 Å². The summed E-state index contributed by atoms with van der Waals surface area (Å²) in [6, 6.07) is 4.90. The fraction of sp³-hybridized carbons (Fsp3) is 0.308. The highest BCUT2D eigenvalue weighted by Crippen LogP contribution is 2.17. The van der Waals surface area contributed by atoms with Gasteiger partial charge < -0.3 is 15.2 Å². The molecule has 2 amide bonds. The summed E-state index contributed by atoms with van der Waals surface area (Å²) in [6.45, 7) is 3.08. The van der Waals surface area contributed by atoms with Crippen molar-refractivity contribution in [3.05, 3.63) is 29.3 Å². The minimum atomic E-state index is -1.15. The summed E-state index contributed by atoms with van der Waals surface area (Å²) in [5.41, 5.74) is 6.95. The molecule has 0 aliphatic carbocycles. The molecule has 0 heterocycles. The number of anilines is 1. The largest absolute Gasteiger partial charge is 0.453 e. The van der Waals surface area contributed by atoms with Crippen LogP contribution in [0.25, 0.3) is 0 Å². The number of para-hydroxylation sites is 1. The van der Waals surface area contributed by atoms with Gasteiger partial charge in [-0.2, -0.15) is 0 Å². The zero-order valence-corrected chi connectivity index (χ0v) is 11.4. The summed E-state index contributed by atoms with van der Waals surface area (Å²) in [4.78, 5) is 34.3. The van der Waals surface area contributed by atoms with E-state index in [1.807, 2.05) is 5.32 Å². The summed E-state index contributed by atoms with van der Waals surface area (Å²) in [5.74, 6) is -1.52. The van der Waals surface area contributed by atoms with E-state index in [1.54, 1.807) is 19.1 Å². The number of nitrogen functional groups attached to an aromatic ring is 1. The molecule has 1 aromatic carbocycles. The van der Waals surface area contributed by atoms with Crippen molar-refractivity contribution in [2.24, 2.45) is 0 Å². The molecule has 0 saturated heterocycles. The van der Waals surface area contributed by atoms with E-state index in [0.717, 1.165) is 12.7 Å². The lowest BCUT2D eigenvalue weighted by Gasteiger charge is -2.13. The quantitative estimate of drug-likeness (QED) is 0.632. The van der Waals surface area contributed by atoms with E-state index >= 15 is 0 Å². The predicted octanol–water partition coefficient (Wildman–Crippen LogP) is 1.01. The first-order valence-corrected chi connectivity index (χ1v) is 5.81. The Morgan fingerprint density at radius 1 is 1.30 bits per heavy atom. The van der Waals surface area contributed by atoms with Crippen LogP contribution in [0.5, 0.6) is 0 Å². The van der Waals surface area contributed by atoms with Crippen LogP contribution in [0.15, 0.2) is 18.2 Å². The van der Waals surface area contributed by atoms with E-state index in [9.17, 15) is 14.4 Å². The molecular formula is C13H16N2O5. The van der Waals surface area contributed by atoms with Crippen LogP contribution >= 0.6 is 0 Å². The van der Waals surface area contributed by atoms with Crippen LogP contribution in [0.1, 0.15) is 22.8 Å². The third kappa shape index (κ3) is 3.71. The van der Waals surface area contributed by atoms with Crippen molar-refractivity contribution in [3.63, 3.8) is 0 Å². The van der Waals surface area contributed by atoms with E-state index in [4.69, 9.17) is 10.5 Å². The highest BCUT2D eigenvalue weighted by Gasteiger charge is 2.22. The van der Waals surface area contributed by atoms with E-state index in [0.29, 0.717) is 0 Å². The average Bonchev–Trinajstić information content (AvgIpc) is 2.41. The van der Waals surface area contributed by atoms with Gasteiger partial charge in [0.2, 0.25) is 0 Å². The number of ether oxygens (including phenoxy) is 2. The molecular weight excluding hydrogens is 264 g/mol. The second kappa shape index (κ2) is 6.55. The highest BCUT2D eigenvalue weighted by atomic mass is 16.6. The number of methoxy groups -OCH3 is 1. The Morgan fingerprint density at radius 2 is 1.95 bits per heavy atom. The number of carbonyl (C=O) groups is 3. The van der Waals surface area contributed by atoms with E-state index in [2.05, 4.69) is 4.74 Å². The summed E-state index contributed by atoms with van der Waals surface area (Å²) in [7, 11) is 1.12. The Hall–Kier alpha value is -2.57. The first-order chi connectivity index (χ1) is 9.36. The molecule has 0 radical (unpaired) electrons. The van der Waals surface area contributed by atoms with Crippen LogP contribution in [-0.4, -0.2) is 31.2 Å². The molecule has 108 valence electrons. The number of hydrogen-bond donors (Lipinski definition) is 2. The normalized spacial score (nSPS) is 11.3. The molecule has 7 heteroatoms. The van der Waals surface area contributed by atoms with Gasteiger partial charge in [0, 0.05) is 5.69 Å². The summed E-state index contributed by atoms with van der Waals surface area (Å²) < 4.78 is 9.20. The zero-order chi connectivity index (χ0) is 15.3. The van der Waals surface area contributed by atoms with Gasteiger partial charge in [0.15, 0.2) is 6.10 Å². The highest BCUT2D eigenvalue weighted by molar-refractivity contribution is 5.99. The Morgan fingerprint density at radius 3 is 2.55 bits per heavy atom. The fourth-order valence-electron chi connectivity index (χ4n) is 1.39. The summed E-state index contributed by atoms with van der Waals surface area (Å²) >= 11 is 0. The second-order valence-corrected chi connectivity index (χ2v) is 4.06. The summed E-state index contributed by atoms with van der Waals surface area (Å²) in [6.07, 6.45) is -2.07. The monoisotopic (exact) mass is 280 g/mol. The number of alkyl carbamates (subject to hydrolysis) is 1. The molecule has 1 aromatic rings. The maximum Gasteiger partial charge on any atom is 0.413 e. The predicted molar refractivity (Wildman–Crippen MR) is 71.0 cm³/mol. The van der Waals surface area contributed by atoms with Crippen molar-refractivity contribution in [2.75, 3.05) is 12.8 Å². The average molecular weight is 280 g/mol. The van der Waals surface area contributed by atoms with Gasteiger partial charge in [-0.05, 0) is 25.5 Å². The smallest absolute Gasteiger partial charge is 0.413 e. The van der Waals surface area contributed by atoms with Gasteiger partial charge in [0.25, 0.3) is 5.91 Å². The molecule has 0 spiro atoms. The molecule has 0 fully saturated rings. The molecule has 1 rings (SSSR count). The van der Waals surface area contributed by atoms with Crippen LogP contribution < -0.4 is 11.1 Å². The van der Waals surface area contributed by atoms with Gasteiger partial charge in [0.1, 0.15) is 0 Å². The maximum atomic E-state index is 11.9. The standard InChI is InChI=1S/C13H16N2O5/c1-7-5-4-6-9(10(7)14)12(17)20-8(2)11(16)15-13(18)19-3/h4-6,8H,14H2,1-3H3,(H,15,16,18)/t8-/m0/s1. The van der Waals surface area contributed by atoms with Crippen molar-refractivity contribution >= 4 is 23.7 Å². The Bertz CT molecular complexity index is 542. The lowest BCUT2D eigenvalue weighted by molar-refractivity contribution is -0.128.